The van der Waals surface area contributed by atoms with Crippen molar-refractivity contribution in [3.05, 3.63) is 41.9 Å². The maximum Gasteiger partial charge on any atom is 0.228 e. The average molecular weight is 327 g/mol. The Morgan fingerprint density at radius 3 is 2.96 bits per heavy atom. The molecule has 2 aromatic heterocycles. The van der Waals surface area contributed by atoms with Gasteiger partial charge in [0.2, 0.25) is 11.8 Å². The number of likely N-dealkylation sites (tertiary alicyclic amines) is 1. The van der Waals surface area contributed by atoms with Crippen molar-refractivity contribution in [2.24, 2.45) is 0 Å². The summed E-state index contributed by atoms with van der Waals surface area (Å²) in [5.74, 6) is 1.32. The van der Waals surface area contributed by atoms with E-state index in [-0.39, 0.29) is 0 Å². The van der Waals surface area contributed by atoms with Crippen LogP contribution in [0.25, 0.3) is 0 Å². The van der Waals surface area contributed by atoms with Gasteiger partial charge < -0.3 is 9.64 Å². The summed E-state index contributed by atoms with van der Waals surface area (Å²) < 4.78 is 5.21. The van der Waals surface area contributed by atoms with E-state index in [4.69, 9.17) is 4.74 Å². The van der Waals surface area contributed by atoms with Crippen LogP contribution in [-0.4, -0.2) is 53.1 Å². The summed E-state index contributed by atoms with van der Waals surface area (Å²) in [5.41, 5.74) is 2.42. The highest BCUT2D eigenvalue weighted by Crippen LogP contribution is 2.21. The highest BCUT2D eigenvalue weighted by Gasteiger charge is 2.25. The number of rotatable bonds is 5. The smallest absolute Gasteiger partial charge is 0.228 e. The molecule has 6 heteroatoms. The van der Waals surface area contributed by atoms with Gasteiger partial charge in [-0.2, -0.15) is 4.98 Å². The number of hydrogen-bond donors (Lipinski definition) is 0. The number of pyridine rings is 1. The molecule has 128 valence electrons. The van der Waals surface area contributed by atoms with Gasteiger partial charge in [0.25, 0.3) is 0 Å². The van der Waals surface area contributed by atoms with Gasteiger partial charge in [-0.1, -0.05) is 6.07 Å². The maximum absolute atomic E-state index is 5.21. The standard InChI is InChI=1S/C18H25N5O/c1-14-15(6-4-9-19-14)12-23-11-5-7-16(13-23)22(2)18-20-10-8-17(21-18)24-3/h4,6,8-10,16H,5,7,11-13H2,1-3H3. The van der Waals surface area contributed by atoms with Gasteiger partial charge in [-0.15, -0.1) is 0 Å². The molecule has 2 aromatic rings. The minimum atomic E-state index is 0.405. The molecule has 0 spiro atoms. The van der Waals surface area contributed by atoms with Crippen LogP contribution < -0.4 is 9.64 Å². The molecule has 0 bridgehead atoms. The van der Waals surface area contributed by atoms with Gasteiger partial charge in [-0.3, -0.25) is 9.88 Å². The normalized spacial score (nSPS) is 18.4. The molecule has 0 amide bonds. The van der Waals surface area contributed by atoms with E-state index in [1.165, 1.54) is 12.0 Å². The van der Waals surface area contributed by atoms with Crippen LogP contribution in [-0.2, 0) is 6.54 Å². The van der Waals surface area contributed by atoms with Gasteiger partial charge in [-0.25, -0.2) is 4.98 Å². The van der Waals surface area contributed by atoms with E-state index in [2.05, 4.69) is 44.8 Å². The van der Waals surface area contributed by atoms with E-state index in [0.717, 1.165) is 37.7 Å². The molecule has 1 unspecified atom stereocenters. The van der Waals surface area contributed by atoms with Crippen molar-refractivity contribution in [1.82, 2.24) is 19.9 Å². The van der Waals surface area contributed by atoms with Gasteiger partial charge in [0.05, 0.1) is 7.11 Å². The fourth-order valence-electron chi connectivity index (χ4n) is 3.20. The van der Waals surface area contributed by atoms with E-state index < -0.39 is 0 Å². The summed E-state index contributed by atoms with van der Waals surface area (Å²) in [5, 5.41) is 0. The predicted molar refractivity (Wildman–Crippen MR) is 94.3 cm³/mol. The lowest BCUT2D eigenvalue weighted by Gasteiger charge is -2.37. The van der Waals surface area contributed by atoms with Crippen LogP contribution in [0.2, 0.25) is 0 Å². The topological polar surface area (TPSA) is 54.4 Å². The molecule has 3 rings (SSSR count). The average Bonchev–Trinajstić information content (AvgIpc) is 2.63. The zero-order chi connectivity index (χ0) is 16.9. The molecule has 0 aliphatic carbocycles. The minimum absolute atomic E-state index is 0.405. The van der Waals surface area contributed by atoms with Crippen LogP contribution in [0.4, 0.5) is 5.95 Å². The van der Waals surface area contributed by atoms with E-state index in [9.17, 15) is 0 Å². The van der Waals surface area contributed by atoms with Crippen molar-refractivity contribution >= 4 is 5.95 Å². The van der Waals surface area contributed by atoms with E-state index in [0.29, 0.717) is 11.9 Å². The third-order valence-corrected chi connectivity index (χ3v) is 4.68. The molecule has 24 heavy (non-hydrogen) atoms. The number of anilines is 1. The molecule has 3 heterocycles. The van der Waals surface area contributed by atoms with Crippen molar-refractivity contribution in [2.75, 3.05) is 32.1 Å². The van der Waals surface area contributed by atoms with E-state index >= 15 is 0 Å². The van der Waals surface area contributed by atoms with Gasteiger partial charge in [-0.05, 0) is 37.9 Å². The number of hydrogen-bond acceptors (Lipinski definition) is 6. The SMILES string of the molecule is COc1ccnc(N(C)C2CCCN(Cc3cccnc3C)C2)n1. The van der Waals surface area contributed by atoms with Crippen molar-refractivity contribution in [2.45, 2.75) is 32.4 Å². The second kappa shape index (κ2) is 7.57. The zero-order valence-electron chi connectivity index (χ0n) is 14.6. The van der Waals surface area contributed by atoms with Crippen molar-refractivity contribution < 1.29 is 4.74 Å². The first-order valence-corrected chi connectivity index (χ1v) is 8.40. The first-order valence-electron chi connectivity index (χ1n) is 8.40. The van der Waals surface area contributed by atoms with Gasteiger partial charge in [0.15, 0.2) is 0 Å². The number of aromatic nitrogens is 3. The Bertz CT molecular complexity index is 678. The summed E-state index contributed by atoms with van der Waals surface area (Å²) in [6.45, 7) is 5.15. The summed E-state index contributed by atoms with van der Waals surface area (Å²) in [7, 11) is 3.70. The van der Waals surface area contributed by atoms with Crippen LogP contribution in [0.5, 0.6) is 5.88 Å². The Kier molecular flexibility index (Phi) is 5.25. The summed E-state index contributed by atoms with van der Waals surface area (Å²) in [6, 6.07) is 6.36. The molecule has 0 saturated carbocycles. The first kappa shape index (κ1) is 16.6. The van der Waals surface area contributed by atoms with Gasteiger partial charge in [0.1, 0.15) is 0 Å². The third kappa shape index (κ3) is 3.82. The molecule has 1 saturated heterocycles. The second-order valence-electron chi connectivity index (χ2n) is 6.29. The number of ether oxygens (including phenoxy) is 1. The predicted octanol–water partition coefficient (Wildman–Crippen LogP) is 2.29. The molecule has 1 aliphatic heterocycles. The Balaban J connectivity index is 1.67. The number of methoxy groups -OCH3 is 1. The Hall–Kier alpha value is -2.21. The zero-order valence-corrected chi connectivity index (χ0v) is 14.6. The highest BCUT2D eigenvalue weighted by molar-refractivity contribution is 5.32. The van der Waals surface area contributed by atoms with Crippen LogP contribution >= 0.6 is 0 Å². The first-order chi connectivity index (χ1) is 11.7. The lowest BCUT2D eigenvalue weighted by Crippen LogP contribution is -2.46. The lowest BCUT2D eigenvalue weighted by atomic mass is 10.0. The molecule has 1 atom stereocenters. The Morgan fingerprint density at radius 1 is 1.29 bits per heavy atom. The van der Waals surface area contributed by atoms with Crippen LogP contribution in [0, 0.1) is 6.92 Å². The van der Waals surface area contributed by atoms with Crippen LogP contribution in [0.3, 0.4) is 0 Å². The second-order valence-corrected chi connectivity index (χ2v) is 6.29. The monoisotopic (exact) mass is 327 g/mol. The molecule has 1 aliphatic rings. The Labute approximate surface area is 143 Å². The number of likely N-dealkylation sites (N-methyl/N-ethyl adjacent to an activating group) is 1. The molecular weight excluding hydrogens is 302 g/mol. The molecule has 0 aromatic carbocycles. The number of aryl methyl sites for hydroxylation is 1. The highest BCUT2D eigenvalue weighted by atomic mass is 16.5. The van der Waals surface area contributed by atoms with E-state index in [1.807, 2.05) is 12.3 Å². The third-order valence-electron chi connectivity index (χ3n) is 4.68. The fraction of sp³-hybridized carbons (Fsp3) is 0.500. The van der Waals surface area contributed by atoms with E-state index in [1.54, 1.807) is 19.4 Å². The molecule has 6 nitrogen and oxygen atoms in total. The van der Waals surface area contributed by atoms with Crippen molar-refractivity contribution in [1.29, 1.82) is 0 Å². The number of piperidine rings is 1. The molecule has 0 radical (unpaired) electrons. The molecular formula is C18H25N5O. The van der Waals surface area contributed by atoms with Gasteiger partial charge in [0, 0.05) is 50.3 Å². The molecule has 0 N–H and O–H groups in total. The summed E-state index contributed by atoms with van der Waals surface area (Å²) in [4.78, 5) is 17.9. The lowest BCUT2D eigenvalue weighted by molar-refractivity contribution is 0.197. The van der Waals surface area contributed by atoms with Gasteiger partial charge >= 0.3 is 0 Å². The maximum atomic E-state index is 5.21. The summed E-state index contributed by atoms with van der Waals surface area (Å²) in [6.07, 6.45) is 5.93. The van der Waals surface area contributed by atoms with Crippen LogP contribution in [0.1, 0.15) is 24.1 Å². The molecule has 1 fully saturated rings. The Morgan fingerprint density at radius 2 is 2.17 bits per heavy atom. The van der Waals surface area contributed by atoms with Crippen molar-refractivity contribution in [3.63, 3.8) is 0 Å². The van der Waals surface area contributed by atoms with Crippen LogP contribution in [0.15, 0.2) is 30.6 Å². The summed E-state index contributed by atoms with van der Waals surface area (Å²) >= 11 is 0. The minimum Gasteiger partial charge on any atom is -0.481 e. The quantitative estimate of drug-likeness (QED) is 0.840. The van der Waals surface area contributed by atoms with Crippen molar-refractivity contribution in [3.8, 4) is 5.88 Å². The largest absolute Gasteiger partial charge is 0.481 e. The number of nitrogens with zero attached hydrogens (tertiary/aromatic N) is 5. The fourth-order valence-corrected chi connectivity index (χ4v) is 3.20.